The minimum atomic E-state index is -3.79. The fourth-order valence-electron chi connectivity index (χ4n) is 2.43. The highest BCUT2D eigenvalue weighted by atomic mass is 32.2. The van der Waals surface area contributed by atoms with Gasteiger partial charge in [0.15, 0.2) is 5.82 Å². The van der Waals surface area contributed by atoms with Gasteiger partial charge in [0.1, 0.15) is 5.75 Å². The molecule has 0 unspecified atom stereocenters. The van der Waals surface area contributed by atoms with Crippen LogP contribution < -0.4 is 14.9 Å². The average molecular weight is 411 g/mol. The van der Waals surface area contributed by atoms with Crippen LogP contribution in [-0.4, -0.2) is 31.7 Å². The van der Waals surface area contributed by atoms with Crippen LogP contribution in [0.4, 0.5) is 11.8 Å². The number of aromatic nitrogens is 2. The van der Waals surface area contributed by atoms with Gasteiger partial charge in [0.05, 0.1) is 18.2 Å². The zero-order chi connectivity index (χ0) is 20.9. The number of ether oxygens (including phenoxy) is 1. The van der Waals surface area contributed by atoms with E-state index >= 15 is 0 Å². The van der Waals surface area contributed by atoms with Crippen LogP contribution in [0.1, 0.15) is 16.8 Å². The number of hydrazone groups is 1. The van der Waals surface area contributed by atoms with Gasteiger partial charge in [-0.3, -0.25) is 5.43 Å². The molecule has 150 valence electrons. The number of benzene rings is 2. The standard InChI is InChI=1S/C20H21N5O3S/c1-14-4-10-18(11-5-14)29(26,27)25-20-22-15(2)12-19(23-20)24-21-13-16-6-8-17(28-3)9-7-16/h4-13H,1-3H3,(H2,22,23,24,25)/b21-13-. The number of methoxy groups -OCH3 is 1. The molecule has 29 heavy (non-hydrogen) atoms. The van der Waals surface area contributed by atoms with Crippen molar-refractivity contribution in [1.29, 1.82) is 0 Å². The van der Waals surface area contributed by atoms with Crippen LogP contribution in [0, 0.1) is 13.8 Å². The Morgan fingerprint density at radius 1 is 1.00 bits per heavy atom. The van der Waals surface area contributed by atoms with E-state index in [2.05, 4.69) is 25.2 Å². The third-order valence-corrected chi connectivity index (χ3v) is 5.26. The minimum Gasteiger partial charge on any atom is -0.497 e. The van der Waals surface area contributed by atoms with Gasteiger partial charge in [-0.1, -0.05) is 17.7 Å². The van der Waals surface area contributed by atoms with Gasteiger partial charge in [0.25, 0.3) is 10.0 Å². The van der Waals surface area contributed by atoms with Crippen LogP contribution in [0.5, 0.6) is 5.75 Å². The molecule has 0 spiro atoms. The Morgan fingerprint density at radius 3 is 2.34 bits per heavy atom. The highest BCUT2D eigenvalue weighted by Crippen LogP contribution is 2.16. The maximum Gasteiger partial charge on any atom is 0.264 e. The first-order valence-electron chi connectivity index (χ1n) is 8.74. The normalized spacial score (nSPS) is 11.4. The Hall–Kier alpha value is -3.46. The lowest BCUT2D eigenvalue weighted by atomic mass is 10.2. The van der Waals surface area contributed by atoms with Crippen LogP contribution in [0.2, 0.25) is 0 Å². The Labute approximate surface area is 169 Å². The molecule has 3 rings (SSSR count). The predicted molar refractivity (Wildman–Crippen MR) is 113 cm³/mol. The van der Waals surface area contributed by atoms with Crippen molar-refractivity contribution in [2.24, 2.45) is 5.10 Å². The summed E-state index contributed by atoms with van der Waals surface area (Å²) in [6, 6.07) is 15.6. The van der Waals surface area contributed by atoms with Gasteiger partial charge in [-0.25, -0.2) is 18.1 Å². The molecule has 0 aliphatic heterocycles. The molecule has 0 amide bonds. The predicted octanol–water partition coefficient (Wildman–Crippen LogP) is 3.35. The van der Waals surface area contributed by atoms with E-state index in [4.69, 9.17) is 4.74 Å². The van der Waals surface area contributed by atoms with Crippen molar-refractivity contribution in [1.82, 2.24) is 9.97 Å². The summed E-state index contributed by atoms with van der Waals surface area (Å²) in [6.07, 6.45) is 1.62. The van der Waals surface area contributed by atoms with Gasteiger partial charge in [-0.2, -0.15) is 10.1 Å². The van der Waals surface area contributed by atoms with E-state index in [-0.39, 0.29) is 10.8 Å². The molecule has 0 saturated heterocycles. The van der Waals surface area contributed by atoms with E-state index in [1.54, 1.807) is 38.4 Å². The largest absolute Gasteiger partial charge is 0.497 e. The van der Waals surface area contributed by atoms with Crippen LogP contribution in [0.3, 0.4) is 0 Å². The number of nitrogens with zero attached hydrogens (tertiary/aromatic N) is 3. The zero-order valence-corrected chi connectivity index (χ0v) is 17.1. The summed E-state index contributed by atoms with van der Waals surface area (Å²) in [5.74, 6) is 1.09. The molecule has 2 N–H and O–H groups in total. The zero-order valence-electron chi connectivity index (χ0n) is 16.2. The number of rotatable bonds is 7. The van der Waals surface area contributed by atoms with Crippen molar-refractivity contribution < 1.29 is 13.2 Å². The van der Waals surface area contributed by atoms with Crippen LogP contribution in [0.25, 0.3) is 0 Å². The SMILES string of the molecule is COc1ccc(/C=N\Nc2cc(C)nc(NS(=O)(=O)c3ccc(C)cc3)n2)cc1. The molecule has 0 radical (unpaired) electrons. The number of hydrogen-bond acceptors (Lipinski definition) is 7. The van der Waals surface area contributed by atoms with E-state index in [1.165, 1.54) is 12.1 Å². The third kappa shape index (κ3) is 5.52. The molecule has 3 aromatic rings. The first kappa shape index (κ1) is 20.3. The molecule has 9 heteroatoms. The van der Waals surface area contributed by atoms with Crippen molar-refractivity contribution in [2.75, 3.05) is 17.3 Å². The molecule has 0 aliphatic rings. The van der Waals surface area contributed by atoms with Crippen molar-refractivity contribution in [3.63, 3.8) is 0 Å². The maximum atomic E-state index is 12.5. The fourth-order valence-corrected chi connectivity index (χ4v) is 3.37. The second kappa shape index (κ2) is 8.70. The topological polar surface area (TPSA) is 106 Å². The number of nitrogens with one attached hydrogen (secondary N) is 2. The summed E-state index contributed by atoms with van der Waals surface area (Å²) in [6.45, 7) is 3.63. The quantitative estimate of drug-likeness (QED) is 0.456. The lowest BCUT2D eigenvalue weighted by Crippen LogP contribution is -2.15. The van der Waals surface area contributed by atoms with Crippen LogP contribution in [-0.2, 0) is 10.0 Å². The fraction of sp³-hybridized carbons (Fsp3) is 0.150. The van der Waals surface area contributed by atoms with E-state index in [0.717, 1.165) is 16.9 Å². The maximum absolute atomic E-state index is 12.5. The van der Waals surface area contributed by atoms with Crippen molar-refractivity contribution in [3.8, 4) is 5.75 Å². The summed E-state index contributed by atoms with van der Waals surface area (Å²) in [5.41, 5.74) is 5.21. The molecule has 2 aromatic carbocycles. The molecule has 0 aliphatic carbocycles. The van der Waals surface area contributed by atoms with E-state index < -0.39 is 10.0 Å². The van der Waals surface area contributed by atoms with Gasteiger partial charge in [-0.05, 0) is 55.8 Å². The number of sulfonamides is 1. The van der Waals surface area contributed by atoms with E-state index in [1.807, 2.05) is 31.2 Å². The Morgan fingerprint density at radius 2 is 1.69 bits per heavy atom. The Kier molecular flexibility index (Phi) is 6.08. The number of hydrogen-bond donors (Lipinski definition) is 2. The molecule has 0 saturated carbocycles. The smallest absolute Gasteiger partial charge is 0.264 e. The second-order valence-corrected chi connectivity index (χ2v) is 7.96. The van der Waals surface area contributed by atoms with Crippen LogP contribution in [0.15, 0.2) is 64.6 Å². The highest BCUT2D eigenvalue weighted by Gasteiger charge is 2.16. The lowest BCUT2D eigenvalue weighted by Gasteiger charge is -2.09. The number of anilines is 2. The summed E-state index contributed by atoms with van der Waals surface area (Å²) in [4.78, 5) is 8.45. The molecular weight excluding hydrogens is 390 g/mol. The molecule has 1 aromatic heterocycles. The highest BCUT2D eigenvalue weighted by molar-refractivity contribution is 7.92. The molecule has 0 fully saturated rings. The first-order valence-corrected chi connectivity index (χ1v) is 10.2. The molecule has 0 atom stereocenters. The van der Waals surface area contributed by atoms with Gasteiger partial charge < -0.3 is 4.74 Å². The summed E-state index contributed by atoms with van der Waals surface area (Å²) in [7, 11) is -2.18. The minimum absolute atomic E-state index is 0.0345. The van der Waals surface area contributed by atoms with Gasteiger partial charge >= 0.3 is 0 Å². The lowest BCUT2D eigenvalue weighted by molar-refractivity contribution is 0.415. The van der Waals surface area contributed by atoms with Gasteiger partial charge in [0, 0.05) is 11.8 Å². The monoisotopic (exact) mass is 411 g/mol. The second-order valence-electron chi connectivity index (χ2n) is 6.28. The van der Waals surface area contributed by atoms with Gasteiger partial charge in [0.2, 0.25) is 5.95 Å². The van der Waals surface area contributed by atoms with Crippen molar-refractivity contribution in [2.45, 2.75) is 18.7 Å². The third-order valence-electron chi connectivity index (χ3n) is 3.92. The first-order chi connectivity index (χ1) is 13.9. The summed E-state index contributed by atoms with van der Waals surface area (Å²) in [5, 5.41) is 4.13. The molecule has 0 bridgehead atoms. The number of aryl methyl sites for hydroxylation is 2. The van der Waals surface area contributed by atoms with Gasteiger partial charge in [-0.15, -0.1) is 0 Å². The van der Waals surface area contributed by atoms with Crippen molar-refractivity contribution >= 4 is 28.0 Å². The molecular formula is C20H21N5O3S. The van der Waals surface area contributed by atoms with Crippen LogP contribution >= 0.6 is 0 Å². The molecule has 1 heterocycles. The summed E-state index contributed by atoms with van der Waals surface area (Å²) >= 11 is 0. The average Bonchev–Trinajstić information content (AvgIpc) is 2.68. The van der Waals surface area contributed by atoms with E-state index in [9.17, 15) is 8.42 Å². The Balaban J connectivity index is 1.73. The molecule has 8 nitrogen and oxygen atoms in total. The Bertz CT molecular complexity index is 1110. The summed E-state index contributed by atoms with van der Waals surface area (Å²) < 4.78 is 32.6. The van der Waals surface area contributed by atoms with E-state index in [0.29, 0.717) is 11.5 Å². The van der Waals surface area contributed by atoms with Crippen molar-refractivity contribution in [3.05, 3.63) is 71.4 Å².